The van der Waals surface area contributed by atoms with E-state index in [0.29, 0.717) is 22.2 Å². The molecular weight excluding hydrogens is 539 g/mol. The standard InChI is InChI=1S/C28H29FN4O4S2/c1-19-4-5-21(17-26(19)29)20-6-11-27-25(16-20)28(12-14-30-27)31-22-7-9-23(10-8-22)32-15-13-24(18-32)33(38(2,34)35)39(3,36)37/h4-12,14,16-17,24H,13,15,18H2,1-3H3,(H,30,31). The van der Waals surface area contributed by atoms with E-state index in [4.69, 9.17) is 0 Å². The zero-order chi connectivity index (χ0) is 27.9. The SMILES string of the molecule is Cc1ccc(-c2ccc3nccc(Nc4ccc(N5CCC(N(S(C)(=O)=O)S(C)(=O)=O)C5)cc4)c3c2)cc1F. The summed E-state index contributed by atoms with van der Waals surface area (Å²) < 4.78 is 63.4. The number of sulfonamides is 2. The fourth-order valence-electron chi connectivity index (χ4n) is 5.05. The van der Waals surface area contributed by atoms with Crippen molar-refractivity contribution in [1.82, 2.24) is 8.69 Å². The Morgan fingerprint density at radius 3 is 2.26 bits per heavy atom. The van der Waals surface area contributed by atoms with Crippen molar-refractivity contribution in [3.05, 3.63) is 84.3 Å². The van der Waals surface area contributed by atoms with Crippen LogP contribution in [0.2, 0.25) is 0 Å². The number of benzene rings is 3. The first-order chi connectivity index (χ1) is 18.4. The van der Waals surface area contributed by atoms with Crippen LogP contribution in [-0.2, 0) is 20.0 Å². The van der Waals surface area contributed by atoms with Gasteiger partial charge in [-0.25, -0.2) is 21.2 Å². The topological polar surface area (TPSA) is 99.7 Å². The molecule has 0 saturated carbocycles. The number of aromatic nitrogens is 1. The van der Waals surface area contributed by atoms with E-state index in [0.717, 1.165) is 51.6 Å². The maximum Gasteiger partial charge on any atom is 0.224 e. The van der Waals surface area contributed by atoms with Crippen molar-refractivity contribution in [2.45, 2.75) is 19.4 Å². The minimum atomic E-state index is -3.91. The second-order valence-corrected chi connectivity index (χ2v) is 13.8. The third-order valence-corrected chi connectivity index (χ3v) is 10.4. The molecule has 1 aliphatic rings. The van der Waals surface area contributed by atoms with Gasteiger partial charge in [0.2, 0.25) is 20.0 Å². The molecule has 3 aromatic carbocycles. The summed E-state index contributed by atoms with van der Waals surface area (Å²) in [5, 5.41) is 4.32. The van der Waals surface area contributed by atoms with Crippen molar-refractivity contribution in [2.24, 2.45) is 0 Å². The lowest BCUT2D eigenvalue weighted by Gasteiger charge is -2.25. The van der Waals surface area contributed by atoms with Crippen LogP contribution in [0.3, 0.4) is 0 Å². The van der Waals surface area contributed by atoms with Crippen molar-refractivity contribution in [2.75, 3.05) is 35.8 Å². The number of anilines is 3. The molecule has 0 radical (unpaired) electrons. The van der Waals surface area contributed by atoms with E-state index in [1.165, 1.54) is 6.07 Å². The fourth-order valence-corrected chi connectivity index (χ4v) is 8.45. The number of fused-ring (bicyclic) bond motifs is 1. The highest BCUT2D eigenvalue weighted by Gasteiger charge is 2.39. The minimum Gasteiger partial charge on any atom is -0.370 e. The summed E-state index contributed by atoms with van der Waals surface area (Å²) in [6.45, 7) is 2.55. The number of nitrogens with one attached hydrogen (secondary N) is 1. The van der Waals surface area contributed by atoms with Crippen molar-refractivity contribution in [3.63, 3.8) is 0 Å². The molecule has 0 amide bonds. The van der Waals surface area contributed by atoms with Gasteiger partial charge in [0.25, 0.3) is 0 Å². The lowest BCUT2D eigenvalue weighted by Crippen LogP contribution is -2.44. The minimum absolute atomic E-state index is 0.248. The number of hydrogen-bond acceptors (Lipinski definition) is 7. The Labute approximate surface area is 228 Å². The van der Waals surface area contributed by atoms with Crippen LogP contribution in [0.4, 0.5) is 21.5 Å². The second-order valence-electron chi connectivity index (χ2n) is 9.87. The second kappa shape index (κ2) is 10.2. The molecule has 0 aliphatic carbocycles. The highest BCUT2D eigenvalue weighted by atomic mass is 32.3. The number of halogens is 1. The van der Waals surface area contributed by atoms with Gasteiger partial charge in [-0.15, -0.1) is 0 Å². The first-order valence-corrected chi connectivity index (χ1v) is 16.1. The lowest BCUT2D eigenvalue weighted by molar-refractivity contribution is 0.446. The molecule has 0 bridgehead atoms. The van der Waals surface area contributed by atoms with E-state index in [1.807, 2.05) is 59.5 Å². The Balaban J connectivity index is 1.36. The van der Waals surface area contributed by atoms with E-state index >= 15 is 0 Å². The molecule has 8 nitrogen and oxygen atoms in total. The average molecular weight is 569 g/mol. The molecule has 4 aromatic rings. The molecule has 1 saturated heterocycles. The van der Waals surface area contributed by atoms with E-state index in [9.17, 15) is 21.2 Å². The largest absolute Gasteiger partial charge is 0.370 e. The zero-order valence-corrected chi connectivity index (χ0v) is 23.4. The molecule has 1 aromatic heterocycles. The van der Waals surface area contributed by atoms with Gasteiger partial charge >= 0.3 is 0 Å². The van der Waals surface area contributed by atoms with Gasteiger partial charge in [-0.2, -0.15) is 0 Å². The van der Waals surface area contributed by atoms with Crippen LogP contribution in [0.1, 0.15) is 12.0 Å². The van der Waals surface area contributed by atoms with Crippen LogP contribution < -0.4 is 10.2 Å². The molecule has 1 fully saturated rings. The molecule has 1 unspecified atom stereocenters. The highest BCUT2D eigenvalue weighted by molar-refractivity contribution is 8.03. The summed E-state index contributed by atoms with van der Waals surface area (Å²) in [5.74, 6) is -0.248. The molecular formula is C28H29FN4O4S2. The molecule has 5 rings (SSSR count). The van der Waals surface area contributed by atoms with E-state index < -0.39 is 26.1 Å². The third-order valence-electron chi connectivity index (χ3n) is 6.87. The molecule has 1 atom stereocenters. The molecule has 1 aliphatic heterocycles. The van der Waals surface area contributed by atoms with Crippen LogP contribution in [-0.4, -0.2) is 57.2 Å². The van der Waals surface area contributed by atoms with Gasteiger partial charge in [0.15, 0.2) is 0 Å². The predicted octanol–water partition coefficient (Wildman–Crippen LogP) is 4.89. The van der Waals surface area contributed by atoms with E-state index in [2.05, 4.69) is 10.3 Å². The van der Waals surface area contributed by atoms with Crippen molar-refractivity contribution in [3.8, 4) is 11.1 Å². The Bertz CT molecular complexity index is 1730. The van der Waals surface area contributed by atoms with Crippen molar-refractivity contribution in [1.29, 1.82) is 0 Å². The molecule has 39 heavy (non-hydrogen) atoms. The van der Waals surface area contributed by atoms with Crippen LogP contribution in [0.25, 0.3) is 22.0 Å². The van der Waals surface area contributed by atoms with Crippen LogP contribution in [0.15, 0.2) is 72.9 Å². The number of nitrogens with zero attached hydrogens (tertiary/aromatic N) is 3. The van der Waals surface area contributed by atoms with Crippen molar-refractivity contribution >= 4 is 48.0 Å². The Hall–Kier alpha value is -3.54. The van der Waals surface area contributed by atoms with E-state index in [1.54, 1.807) is 19.2 Å². The van der Waals surface area contributed by atoms with Gasteiger partial charge in [0.1, 0.15) is 5.82 Å². The summed E-state index contributed by atoms with van der Waals surface area (Å²) in [4.78, 5) is 6.44. The Morgan fingerprint density at radius 2 is 1.59 bits per heavy atom. The van der Waals surface area contributed by atoms with Crippen molar-refractivity contribution < 1.29 is 21.2 Å². The summed E-state index contributed by atoms with van der Waals surface area (Å²) in [7, 11) is -7.82. The molecule has 11 heteroatoms. The maximum atomic E-state index is 14.2. The first-order valence-electron chi connectivity index (χ1n) is 12.4. The molecule has 204 valence electrons. The van der Waals surface area contributed by atoms with Crippen LogP contribution in [0, 0.1) is 12.7 Å². The van der Waals surface area contributed by atoms with Gasteiger partial charge in [-0.05, 0) is 78.6 Å². The zero-order valence-electron chi connectivity index (χ0n) is 21.8. The Kier molecular flexibility index (Phi) is 7.08. The van der Waals surface area contributed by atoms with Gasteiger partial charge in [0.05, 0.1) is 24.1 Å². The number of rotatable bonds is 7. The normalized spacial score (nSPS) is 16.2. The first kappa shape index (κ1) is 27.0. The summed E-state index contributed by atoms with van der Waals surface area (Å²) >= 11 is 0. The third kappa shape index (κ3) is 5.75. The molecule has 2 heterocycles. The number of aryl methyl sites for hydroxylation is 1. The van der Waals surface area contributed by atoms with Gasteiger partial charge in [0, 0.05) is 41.7 Å². The smallest absolute Gasteiger partial charge is 0.224 e. The van der Waals surface area contributed by atoms with Gasteiger partial charge < -0.3 is 10.2 Å². The highest BCUT2D eigenvalue weighted by Crippen LogP contribution is 2.32. The fraction of sp³-hybridized carbons (Fsp3) is 0.250. The average Bonchev–Trinajstić information content (AvgIpc) is 3.33. The maximum absolute atomic E-state index is 14.2. The molecule has 0 spiro atoms. The Morgan fingerprint density at radius 1 is 0.923 bits per heavy atom. The number of hydrogen-bond donors (Lipinski definition) is 1. The summed E-state index contributed by atoms with van der Waals surface area (Å²) in [5.41, 5.74) is 5.62. The van der Waals surface area contributed by atoms with Gasteiger partial charge in [-0.1, -0.05) is 21.9 Å². The van der Waals surface area contributed by atoms with Crippen LogP contribution >= 0.6 is 0 Å². The summed E-state index contributed by atoms with van der Waals surface area (Å²) in [6.07, 6.45) is 3.98. The van der Waals surface area contributed by atoms with Crippen LogP contribution in [0.5, 0.6) is 0 Å². The summed E-state index contributed by atoms with van der Waals surface area (Å²) in [6, 6.07) is 19.9. The quantitative estimate of drug-likeness (QED) is 0.339. The van der Waals surface area contributed by atoms with Gasteiger partial charge in [-0.3, -0.25) is 4.98 Å². The molecule has 1 N–H and O–H groups in total. The monoisotopic (exact) mass is 568 g/mol. The predicted molar refractivity (Wildman–Crippen MR) is 154 cm³/mol. The lowest BCUT2D eigenvalue weighted by atomic mass is 10.0. The number of pyridine rings is 1. The van der Waals surface area contributed by atoms with E-state index in [-0.39, 0.29) is 12.4 Å².